The SMILES string of the molecule is COC(=O)c1ccc(OCc2ccccc2)c(CCS)c1CSC. The minimum Gasteiger partial charge on any atom is -0.489 e. The van der Waals surface area contributed by atoms with Crippen LogP contribution < -0.4 is 4.74 Å². The number of thioether (sulfide) groups is 1. The van der Waals surface area contributed by atoms with E-state index < -0.39 is 0 Å². The van der Waals surface area contributed by atoms with Gasteiger partial charge in [-0.2, -0.15) is 24.4 Å². The van der Waals surface area contributed by atoms with Crippen molar-refractivity contribution in [2.24, 2.45) is 0 Å². The molecule has 2 aromatic rings. The fraction of sp³-hybridized carbons (Fsp3) is 0.316. The fourth-order valence-electron chi connectivity index (χ4n) is 2.54. The number of carbonyl (C=O) groups is 1. The van der Waals surface area contributed by atoms with E-state index in [1.165, 1.54) is 7.11 Å². The summed E-state index contributed by atoms with van der Waals surface area (Å²) >= 11 is 6.03. The molecule has 0 saturated heterocycles. The van der Waals surface area contributed by atoms with E-state index in [0.29, 0.717) is 17.9 Å². The Hall–Kier alpha value is -1.59. The first kappa shape index (κ1) is 18.7. The average Bonchev–Trinajstić information content (AvgIpc) is 2.62. The van der Waals surface area contributed by atoms with Gasteiger partial charge in [0.1, 0.15) is 12.4 Å². The summed E-state index contributed by atoms with van der Waals surface area (Å²) < 4.78 is 11.0. The van der Waals surface area contributed by atoms with Crippen LogP contribution in [0.4, 0.5) is 0 Å². The van der Waals surface area contributed by atoms with Crippen LogP contribution >= 0.6 is 24.4 Å². The molecule has 0 amide bonds. The molecule has 0 saturated carbocycles. The number of hydrogen-bond acceptors (Lipinski definition) is 5. The molecule has 3 nitrogen and oxygen atoms in total. The van der Waals surface area contributed by atoms with E-state index >= 15 is 0 Å². The molecule has 5 heteroatoms. The van der Waals surface area contributed by atoms with Gasteiger partial charge in [-0.1, -0.05) is 30.3 Å². The van der Waals surface area contributed by atoms with Crippen molar-refractivity contribution in [2.45, 2.75) is 18.8 Å². The molecule has 0 N–H and O–H groups in total. The van der Waals surface area contributed by atoms with E-state index in [9.17, 15) is 4.79 Å². The van der Waals surface area contributed by atoms with Gasteiger partial charge in [0.15, 0.2) is 0 Å². The summed E-state index contributed by atoms with van der Waals surface area (Å²) in [5.41, 5.74) is 3.74. The van der Waals surface area contributed by atoms with Crippen LogP contribution in [-0.2, 0) is 23.5 Å². The van der Waals surface area contributed by atoms with Gasteiger partial charge in [0.05, 0.1) is 12.7 Å². The maximum Gasteiger partial charge on any atom is 0.338 e. The minimum atomic E-state index is -0.311. The number of ether oxygens (including phenoxy) is 2. The van der Waals surface area contributed by atoms with Crippen molar-refractivity contribution in [1.29, 1.82) is 0 Å². The Labute approximate surface area is 153 Å². The number of carbonyl (C=O) groups excluding carboxylic acids is 1. The highest BCUT2D eigenvalue weighted by molar-refractivity contribution is 7.97. The van der Waals surface area contributed by atoms with Crippen LogP contribution in [0.15, 0.2) is 42.5 Å². The largest absolute Gasteiger partial charge is 0.489 e. The molecule has 0 aromatic heterocycles. The van der Waals surface area contributed by atoms with E-state index in [2.05, 4.69) is 12.6 Å². The third-order valence-corrected chi connectivity index (χ3v) is 4.48. The monoisotopic (exact) mass is 362 g/mol. The highest BCUT2D eigenvalue weighted by Crippen LogP contribution is 2.30. The maximum atomic E-state index is 12.1. The summed E-state index contributed by atoms with van der Waals surface area (Å²) in [6, 6.07) is 13.7. The van der Waals surface area contributed by atoms with E-state index in [1.807, 2.05) is 42.7 Å². The Bertz CT molecular complexity index is 672. The summed E-state index contributed by atoms with van der Waals surface area (Å²) in [5.74, 6) is 1.92. The molecular formula is C19H22O3S2. The molecule has 0 atom stereocenters. The Morgan fingerprint density at radius 1 is 1.12 bits per heavy atom. The molecule has 0 bridgehead atoms. The van der Waals surface area contributed by atoms with Crippen molar-refractivity contribution in [3.05, 3.63) is 64.7 Å². The Morgan fingerprint density at radius 3 is 2.50 bits per heavy atom. The second-order valence-electron chi connectivity index (χ2n) is 5.24. The van der Waals surface area contributed by atoms with Gasteiger partial charge < -0.3 is 9.47 Å². The van der Waals surface area contributed by atoms with Crippen molar-refractivity contribution in [3.63, 3.8) is 0 Å². The molecule has 0 unspecified atom stereocenters. The van der Waals surface area contributed by atoms with Gasteiger partial charge in [-0.05, 0) is 47.3 Å². The van der Waals surface area contributed by atoms with Gasteiger partial charge in [0.25, 0.3) is 0 Å². The summed E-state index contributed by atoms with van der Waals surface area (Å²) in [5, 5.41) is 0. The topological polar surface area (TPSA) is 35.5 Å². The minimum absolute atomic E-state index is 0.311. The first-order valence-electron chi connectivity index (χ1n) is 7.70. The van der Waals surface area contributed by atoms with Gasteiger partial charge in [-0.3, -0.25) is 0 Å². The Morgan fingerprint density at radius 2 is 1.88 bits per heavy atom. The zero-order chi connectivity index (χ0) is 17.4. The zero-order valence-corrected chi connectivity index (χ0v) is 15.7. The number of methoxy groups -OCH3 is 1. The van der Waals surface area contributed by atoms with Crippen LogP contribution in [0.25, 0.3) is 0 Å². The summed E-state index contributed by atoms with van der Waals surface area (Å²) in [7, 11) is 1.41. The first-order valence-corrected chi connectivity index (χ1v) is 9.73. The Balaban J connectivity index is 2.35. The molecule has 0 aliphatic carbocycles. The van der Waals surface area contributed by atoms with Crippen LogP contribution in [-0.4, -0.2) is 25.1 Å². The van der Waals surface area contributed by atoms with E-state index in [1.54, 1.807) is 17.8 Å². The first-order chi connectivity index (χ1) is 11.7. The van der Waals surface area contributed by atoms with Gasteiger partial charge in [-0.15, -0.1) is 0 Å². The maximum absolute atomic E-state index is 12.1. The Kier molecular flexibility index (Phi) is 7.53. The molecule has 0 spiro atoms. The van der Waals surface area contributed by atoms with Crippen LogP contribution in [0.5, 0.6) is 5.75 Å². The summed E-state index contributed by atoms with van der Waals surface area (Å²) in [6.45, 7) is 0.497. The molecule has 0 radical (unpaired) electrons. The predicted octanol–water partition coefficient (Wildman–Crippen LogP) is 4.39. The lowest BCUT2D eigenvalue weighted by Gasteiger charge is -2.18. The van der Waals surface area contributed by atoms with Gasteiger partial charge >= 0.3 is 5.97 Å². The summed E-state index contributed by atoms with van der Waals surface area (Å²) in [4.78, 5) is 12.1. The van der Waals surface area contributed by atoms with Crippen LogP contribution in [0.1, 0.15) is 27.0 Å². The number of benzene rings is 2. The van der Waals surface area contributed by atoms with Crippen molar-refractivity contribution < 1.29 is 14.3 Å². The molecular weight excluding hydrogens is 340 g/mol. The second kappa shape index (κ2) is 9.64. The van der Waals surface area contributed by atoms with Gasteiger partial charge in [0, 0.05) is 5.75 Å². The molecule has 0 aliphatic rings. The van der Waals surface area contributed by atoms with Crippen molar-refractivity contribution >= 4 is 30.4 Å². The number of hydrogen-bond donors (Lipinski definition) is 1. The standard InChI is InChI=1S/C19H22O3S2/c1-21-19(20)16-8-9-18(15(10-11-23)17(16)13-24-2)22-12-14-6-4-3-5-7-14/h3-9,23H,10-13H2,1-2H3. The number of thiol groups is 1. The lowest BCUT2D eigenvalue weighted by atomic mass is 9.99. The van der Waals surface area contributed by atoms with Crippen molar-refractivity contribution in [2.75, 3.05) is 19.1 Å². The number of rotatable bonds is 8. The van der Waals surface area contributed by atoms with Crippen LogP contribution in [0, 0.1) is 0 Å². The van der Waals surface area contributed by atoms with Crippen LogP contribution in [0.2, 0.25) is 0 Å². The molecule has 2 rings (SSSR count). The molecule has 128 valence electrons. The van der Waals surface area contributed by atoms with E-state index in [4.69, 9.17) is 9.47 Å². The molecule has 0 heterocycles. The van der Waals surface area contributed by atoms with Gasteiger partial charge in [0.2, 0.25) is 0 Å². The van der Waals surface area contributed by atoms with Crippen molar-refractivity contribution in [1.82, 2.24) is 0 Å². The number of esters is 1. The van der Waals surface area contributed by atoms with Crippen LogP contribution in [0.3, 0.4) is 0 Å². The normalized spacial score (nSPS) is 10.5. The van der Waals surface area contributed by atoms with E-state index in [0.717, 1.165) is 34.6 Å². The third-order valence-electron chi connectivity index (χ3n) is 3.68. The average molecular weight is 363 g/mol. The lowest BCUT2D eigenvalue weighted by Crippen LogP contribution is -2.10. The molecule has 2 aromatic carbocycles. The highest BCUT2D eigenvalue weighted by Gasteiger charge is 2.19. The smallest absolute Gasteiger partial charge is 0.338 e. The summed E-state index contributed by atoms with van der Waals surface area (Å²) in [6.07, 6.45) is 2.76. The van der Waals surface area contributed by atoms with E-state index in [-0.39, 0.29) is 5.97 Å². The zero-order valence-electron chi connectivity index (χ0n) is 14.0. The lowest BCUT2D eigenvalue weighted by molar-refractivity contribution is 0.0599. The molecule has 0 aliphatic heterocycles. The predicted molar refractivity (Wildman–Crippen MR) is 103 cm³/mol. The fourth-order valence-corrected chi connectivity index (χ4v) is 3.38. The van der Waals surface area contributed by atoms with Gasteiger partial charge in [-0.25, -0.2) is 4.79 Å². The van der Waals surface area contributed by atoms with Crippen molar-refractivity contribution in [3.8, 4) is 5.75 Å². The highest BCUT2D eigenvalue weighted by atomic mass is 32.2. The quantitative estimate of drug-likeness (QED) is 0.558. The molecule has 24 heavy (non-hydrogen) atoms. The third kappa shape index (κ3) is 4.71. The second-order valence-corrected chi connectivity index (χ2v) is 6.55. The molecule has 0 fully saturated rings.